The van der Waals surface area contributed by atoms with Crippen molar-refractivity contribution in [1.82, 2.24) is 24.9 Å². The molecule has 0 saturated carbocycles. The highest BCUT2D eigenvalue weighted by atomic mass is 16.5. The number of carbonyl (C=O) groups excluding carboxylic acids is 1. The van der Waals surface area contributed by atoms with Crippen molar-refractivity contribution in [3.8, 4) is 0 Å². The van der Waals surface area contributed by atoms with Gasteiger partial charge in [0.05, 0.1) is 49.3 Å². The van der Waals surface area contributed by atoms with E-state index in [-0.39, 0.29) is 17.7 Å². The van der Waals surface area contributed by atoms with E-state index in [1.165, 1.54) is 0 Å². The Hall–Kier alpha value is -3.22. The first-order chi connectivity index (χ1) is 19.1. The number of aliphatic hydroxyl groups is 1. The van der Waals surface area contributed by atoms with Crippen molar-refractivity contribution in [2.45, 2.75) is 71.0 Å². The summed E-state index contributed by atoms with van der Waals surface area (Å²) in [5, 5.41) is 25.4. The zero-order valence-corrected chi connectivity index (χ0v) is 23.6. The standard InChI is InChI=1S/C29H39N7O4/c1-29(2,3)40-20-15-35(16-20)28(38)31-23-7-5-6-21-18-8-9-26(39-17-22(21)23)32-27(37)24(12-18)30-25-13-19-14-34(4)10-11-36(19)33-25/h5-8,12-13,20,26-27,32,37H,9-11,14-17H2,1-4H3,(H,30,33)(H,31,38)/b18-8-,24-12+. The summed E-state index contributed by atoms with van der Waals surface area (Å²) >= 11 is 0. The van der Waals surface area contributed by atoms with E-state index >= 15 is 0 Å². The van der Waals surface area contributed by atoms with Crippen LogP contribution >= 0.6 is 0 Å². The second-order valence-corrected chi connectivity index (χ2v) is 12.0. The lowest BCUT2D eigenvalue weighted by molar-refractivity contribution is -0.110. The van der Waals surface area contributed by atoms with Crippen LogP contribution in [-0.4, -0.2) is 81.6 Å². The molecule has 40 heavy (non-hydrogen) atoms. The molecule has 1 aromatic carbocycles. The van der Waals surface area contributed by atoms with Crippen molar-refractivity contribution in [2.75, 3.05) is 37.3 Å². The number of rotatable bonds is 4. The van der Waals surface area contributed by atoms with Crippen LogP contribution in [0.2, 0.25) is 0 Å². The summed E-state index contributed by atoms with van der Waals surface area (Å²) in [5.41, 5.74) is 4.99. The summed E-state index contributed by atoms with van der Waals surface area (Å²) in [5.74, 6) is 0.691. The number of aliphatic hydroxyl groups excluding tert-OH is 1. The van der Waals surface area contributed by atoms with Crippen LogP contribution in [0.3, 0.4) is 0 Å². The first-order valence-electron chi connectivity index (χ1n) is 14.0. The molecule has 2 bridgehead atoms. The van der Waals surface area contributed by atoms with E-state index in [1.807, 2.05) is 55.8 Å². The van der Waals surface area contributed by atoms with Crippen LogP contribution in [0.5, 0.6) is 0 Å². The summed E-state index contributed by atoms with van der Waals surface area (Å²) in [4.78, 5) is 17.1. The zero-order chi connectivity index (χ0) is 28.0. The molecule has 4 aliphatic heterocycles. The van der Waals surface area contributed by atoms with Crippen LogP contribution < -0.4 is 16.0 Å². The average molecular weight is 550 g/mol. The molecule has 5 heterocycles. The second kappa shape index (κ2) is 10.6. The predicted molar refractivity (Wildman–Crippen MR) is 152 cm³/mol. The van der Waals surface area contributed by atoms with E-state index in [1.54, 1.807) is 4.90 Å². The normalized spacial score (nSPS) is 26.1. The van der Waals surface area contributed by atoms with Gasteiger partial charge in [0.1, 0.15) is 12.5 Å². The van der Waals surface area contributed by atoms with Gasteiger partial charge < -0.3 is 30.1 Å². The van der Waals surface area contributed by atoms with Gasteiger partial charge in [-0.25, -0.2) is 4.79 Å². The quantitative estimate of drug-likeness (QED) is 0.460. The summed E-state index contributed by atoms with van der Waals surface area (Å²) in [6.45, 7) is 10.1. The number of fused-ring (bicyclic) bond motifs is 5. The summed E-state index contributed by atoms with van der Waals surface area (Å²) < 4.78 is 14.2. The molecule has 11 heteroatoms. The minimum atomic E-state index is -0.964. The van der Waals surface area contributed by atoms with Crippen molar-refractivity contribution in [3.63, 3.8) is 0 Å². The molecule has 2 unspecified atom stereocenters. The number of nitrogens with zero attached hydrogens (tertiary/aromatic N) is 4. The lowest BCUT2D eigenvalue weighted by Gasteiger charge is -2.42. The number of benzene rings is 1. The smallest absolute Gasteiger partial charge is 0.322 e. The van der Waals surface area contributed by atoms with E-state index < -0.39 is 12.5 Å². The Balaban J connectivity index is 1.23. The minimum absolute atomic E-state index is 0.0500. The largest absolute Gasteiger partial charge is 0.373 e. The number of aromatic nitrogens is 2. The Bertz CT molecular complexity index is 1340. The van der Waals surface area contributed by atoms with Gasteiger partial charge in [-0.1, -0.05) is 18.2 Å². The number of hydrogen-bond acceptors (Lipinski definition) is 8. The molecule has 4 aliphatic rings. The lowest BCUT2D eigenvalue weighted by Crippen LogP contribution is -2.57. The molecule has 214 valence electrons. The average Bonchev–Trinajstić information content (AvgIpc) is 3.25. The molecule has 2 amide bonds. The van der Waals surface area contributed by atoms with Crippen molar-refractivity contribution in [3.05, 3.63) is 58.9 Å². The van der Waals surface area contributed by atoms with Gasteiger partial charge in [0.25, 0.3) is 0 Å². The van der Waals surface area contributed by atoms with E-state index in [9.17, 15) is 9.90 Å². The number of nitrogens with one attached hydrogen (secondary N) is 3. The van der Waals surface area contributed by atoms with Crippen LogP contribution in [0, 0.1) is 0 Å². The highest BCUT2D eigenvalue weighted by molar-refractivity contribution is 5.92. The second-order valence-electron chi connectivity index (χ2n) is 12.0. The van der Waals surface area contributed by atoms with Crippen LogP contribution in [0.1, 0.15) is 44.0 Å². The van der Waals surface area contributed by atoms with Gasteiger partial charge in [-0.2, -0.15) is 5.10 Å². The number of urea groups is 1. The topological polar surface area (TPSA) is 116 Å². The van der Waals surface area contributed by atoms with Gasteiger partial charge >= 0.3 is 6.03 Å². The molecule has 0 radical (unpaired) electrons. The molecule has 1 fully saturated rings. The highest BCUT2D eigenvalue weighted by Gasteiger charge is 2.34. The number of ether oxygens (including phenoxy) is 2. The van der Waals surface area contributed by atoms with E-state index in [4.69, 9.17) is 14.6 Å². The third-order valence-electron chi connectivity index (χ3n) is 7.58. The number of hydrogen-bond donors (Lipinski definition) is 4. The molecule has 1 aromatic heterocycles. The fraction of sp³-hybridized carbons (Fsp3) is 0.517. The third-order valence-corrected chi connectivity index (χ3v) is 7.58. The molecular weight excluding hydrogens is 510 g/mol. The molecule has 0 spiro atoms. The fourth-order valence-corrected chi connectivity index (χ4v) is 5.57. The number of anilines is 2. The Kier molecular flexibility index (Phi) is 7.18. The van der Waals surface area contributed by atoms with Crippen LogP contribution in [0.25, 0.3) is 5.57 Å². The number of carbonyl (C=O) groups is 1. The molecule has 1 saturated heterocycles. The summed E-state index contributed by atoms with van der Waals surface area (Å²) in [6.07, 6.45) is 3.34. The molecule has 11 nitrogen and oxygen atoms in total. The van der Waals surface area contributed by atoms with Gasteiger partial charge in [-0.15, -0.1) is 0 Å². The maximum atomic E-state index is 13.1. The van der Waals surface area contributed by atoms with Gasteiger partial charge in [-0.05, 0) is 51.1 Å². The van der Waals surface area contributed by atoms with E-state index in [0.717, 1.165) is 42.0 Å². The Morgan fingerprint density at radius 3 is 2.88 bits per heavy atom. The van der Waals surface area contributed by atoms with Crippen LogP contribution in [-0.2, 0) is 29.2 Å². The minimum Gasteiger partial charge on any atom is -0.373 e. The van der Waals surface area contributed by atoms with Gasteiger partial charge in [0.15, 0.2) is 5.82 Å². The lowest BCUT2D eigenvalue weighted by atomic mass is 9.94. The van der Waals surface area contributed by atoms with Crippen LogP contribution in [0.4, 0.5) is 16.3 Å². The van der Waals surface area contributed by atoms with Gasteiger partial charge in [0, 0.05) is 36.8 Å². The third kappa shape index (κ3) is 5.79. The number of likely N-dealkylation sites (tertiary alicyclic amines) is 1. The van der Waals surface area contributed by atoms with Crippen molar-refractivity contribution >= 4 is 23.1 Å². The number of allylic oxidation sites excluding steroid dienone is 2. The van der Waals surface area contributed by atoms with Crippen LogP contribution in [0.15, 0.2) is 42.1 Å². The number of likely N-dealkylation sites (N-methyl/N-ethyl adjacent to an activating group) is 1. The maximum Gasteiger partial charge on any atom is 0.322 e. The molecular formula is C29H39N7O4. The highest BCUT2D eigenvalue weighted by Crippen LogP contribution is 2.33. The van der Waals surface area contributed by atoms with Gasteiger partial charge in [-0.3, -0.25) is 14.9 Å². The fourth-order valence-electron chi connectivity index (χ4n) is 5.57. The Labute approximate surface area is 234 Å². The van der Waals surface area contributed by atoms with E-state index in [2.05, 4.69) is 34.0 Å². The molecule has 4 N–H and O–H groups in total. The van der Waals surface area contributed by atoms with Crippen molar-refractivity contribution < 1.29 is 19.4 Å². The Morgan fingerprint density at radius 2 is 2.08 bits per heavy atom. The first kappa shape index (κ1) is 27.0. The van der Waals surface area contributed by atoms with Crippen molar-refractivity contribution in [2.24, 2.45) is 0 Å². The first-order valence-corrected chi connectivity index (χ1v) is 14.0. The van der Waals surface area contributed by atoms with E-state index in [0.29, 0.717) is 43.3 Å². The molecule has 0 aliphatic carbocycles. The van der Waals surface area contributed by atoms with Crippen molar-refractivity contribution in [1.29, 1.82) is 0 Å². The molecule has 2 atom stereocenters. The summed E-state index contributed by atoms with van der Waals surface area (Å²) in [7, 11) is 2.10. The predicted octanol–water partition coefficient (Wildman–Crippen LogP) is 2.91. The number of amides is 2. The molecule has 2 aromatic rings. The molecule has 6 rings (SSSR count). The Morgan fingerprint density at radius 1 is 1.25 bits per heavy atom. The summed E-state index contributed by atoms with van der Waals surface area (Å²) in [6, 6.07) is 7.74. The maximum absolute atomic E-state index is 13.1. The monoisotopic (exact) mass is 549 g/mol. The van der Waals surface area contributed by atoms with Gasteiger partial charge in [0.2, 0.25) is 0 Å². The SMILES string of the molecule is CN1CCn2nc(N/C3=C/C4=C/CC(NC3O)OCc3c(NC(=O)N5CC(OC(C)(C)C)C5)cccc34)cc2C1. The zero-order valence-electron chi connectivity index (χ0n) is 23.6.